The first kappa shape index (κ1) is 13.7. The van der Waals surface area contributed by atoms with Crippen molar-refractivity contribution in [2.75, 3.05) is 19.8 Å². The molecule has 2 unspecified atom stereocenters. The second-order valence-corrected chi connectivity index (χ2v) is 5.81. The Morgan fingerprint density at radius 1 is 1.05 bits per heavy atom. The van der Waals surface area contributed by atoms with Gasteiger partial charge in [0.05, 0.1) is 13.2 Å². The van der Waals surface area contributed by atoms with Gasteiger partial charge in [-0.05, 0) is 43.0 Å². The summed E-state index contributed by atoms with van der Waals surface area (Å²) in [7, 11) is 0. The van der Waals surface area contributed by atoms with Gasteiger partial charge in [0.15, 0.2) is 11.5 Å². The van der Waals surface area contributed by atoms with Gasteiger partial charge in [0, 0.05) is 12.5 Å². The molecule has 0 bridgehead atoms. The second-order valence-electron chi connectivity index (χ2n) is 5.81. The fourth-order valence-corrected chi connectivity index (χ4v) is 3.45. The normalized spacial score (nSPS) is 26.1. The molecule has 1 N–H and O–H groups in total. The highest BCUT2D eigenvalue weighted by atomic mass is 16.5. The molecular formula is C17H25NO2. The van der Waals surface area contributed by atoms with Crippen molar-refractivity contribution in [3.63, 3.8) is 0 Å². The highest BCUT2D eigenvalue weighted by molar-refractivity contribution is 5.44. The topological polar surface area (TPSA) is 30.5 Å². The summed E-state index contributed by atoms with van der Waals surface area (Å²) in [5.74, 6) is 2.45. The van der Waals surface area contributed by atoms with E-state index in [0.29, 0.717) is 12.0 Å². The van der Waals surface area contributed by atoms with E-state index in [1.54, 1.807) is 0 Å². The van der Waals surface area contributed by atoms with Crippen molar-refractivity contribution < 1.29 is 9.47 Å². The van der Waals surface area contributed by atoms with Crippen LogP contribution in [0.15, 0.2) is 18.2 Å². The summed E-state index contributed by atoms with van der Waals surface area (Å²) in [6.07, 6.45) is 6.21. The third-order valence-electron chi connectivity index (χ3n) is 4.43. The van der Waals surface area contributed by atoms with E-state index in [9.17, 15) is 0 Å². The molecule has 110 valence electrons. The van der Waals surface area contributed by atoms with Gasteiger partial charge < -0.3 is 14.8 Å². The third-order valence-corrected chi connectivity index (χ3v) is 4.43. The van der Waals surface area contributed by atoms with E-state index in [1.807, 2.05) is 0 Å². The lowest BCUT2D eigenvalue weighted by molar-refractivity contribution is 0.296. The van der Waals surface area contributed by atoms with Crippen molar-refractivity contribution in [1.82, 2.24) is 5.32 Å². The van der Waals surface area contributed by atoms with Gasteiger partial charge in [0.2, 0.25) is 0 Å². The van der Waals surface area contributed by atoms with Gasteiger partial charge in [-0.2, -0.15) is 0 Å². The number of hydrogen-bond acceptors (Lipinski definition) is 3. The maximum atomic E-state index is 5.83. The van der Waals surface area contributed by atoms with E-state index >= 15 is 0 Å². The maximum Gasteiger partial charge on any atom is 0.161 e. The number of likely N-dealkylation sites (N-methyl/N-ethyl adjacent to an activating group) is 1. The van der Waals surface area contributed by atoms with E-state index < -0.39 is 0 Å². The number of benzene rings is 1. The third kappa shape index (κ3) is 2.93. The minimum absolute atomic E-state index is 0.610. The van der Waals surface area contributed by atoms with Gasteiger partial charge in [-0.3, -0.25) is 0 Å². The SMILES string of the molecule is CCNC1CCCCC1c1ccc2c(c1)OCCCO2. The summed E-state index contributed by atoms with van der Waals surface area (Å²) >= 11 is 0. The zero-order chi connectivity index (χ0) is 13.8. The van der Waals surface area contributed by atoms with Crippen molar-refractivity contribution in [2.24, 2.45) is 0 Å². The fourth-order valence-electron chi connectivity index (χ4n) is 3.45. The Morgan fingerprint density at radius 3 is 2.70 bits per heavy atom. The summed E-state index contributed by atoms with van der Waals surface area (Å²) < 4.78 is 11.6. The number of ether oxygens (including phenoxy) is 2. The average molecular weight is 275 g/mol. The smallest absolute Gasteiger partial charge is 0.161 e. The van der Waals surface area contributed by atoms with E-state index in [4.69, 9.17) is 9.47 Å². The molecule has 1 aliphatic heterocycles. The molecule has 0 aromatic heterocycles. The minimum atomic E-state index is 0.610. The summed E-state index contributed by atoms with van der Waals surface area (Å²) in [5.41, 5.74) is 1.40. The standard InChI is InChI=1S/C17H25NO2/c1-2-18-15-7-4-3-6-14(15)13-8-9-16-17(12-13)20-11-5-10-19-16/h8-9,12,14-15,18H,2-7,10-11H2,1H3. The number of rotatable bonds is 3. The van der Waals surface area contributed by atoms with Crippen LogP contribution < -0.4 is 14.8 Å². The molecule has 3 rings (SSSR count). The molecule has 1 heterocycles. The monoisotopic (exact) mass is 275 g/mol. The Morgan fingerprint density at radius 2 is 1.85 bits per heavy atom. The summed E-state index contributed by atoms with van der Waals surface area (Å²) in [5, 5.41) is 3.65. The molecule has 0 saturated heterocycles. The van der Waals surface area contributed by atoms with E-state index in [-0.39, 0.29) is 0 Å². The number of hydrogen-bond donors (Lipinski definition) is 1. The molecule has 1 aliphatic carbocycles. The Labute approximate surface area is 121 Å². The van der Waals surface area contributed by atoms with Gasteiger partial charge >= 0.3 is 0 Å². The Bertz CT molecular complexity index is 445. The van der Waals surface area contributed by atoms with Crippen LogP contribution in [0.1, 0.15) is 50.5 Å². The Kier molecular flexibility index (Phi) is 4.46. The zero-order valence-electron chi connectivity index (χ0n) is 12.4. The molecule has 2 atom stereocenters. The number of nitrogens with one attached hydrogen (secondary N) is 1. The predicted octanol–water partition coefficient (Wildman–Crippen LogP) is 3.48. The van der Waals surface area contributed by atoms with Crippen LogP contribution in [0.3, 0.4) is 0 Å². The second kappa shape index (κ2) is 6.49. The zero-order valence-corrected chi connectivity index (χ0v) is 12.4. The Balaban J connectivity index is 1.83. The van der Waals surface area contributed by atoms with Crippen molar-refractivity contribution >= 4 is 0 Å². The van der Waals surface area contributed by atoms with Gasteiger partial charge in [-0.1, -0.05) is 25.8 Å². The molecule has 1 saturated carbocycles. The van der Waals surface area contributed by atoms with Gasteiger partial charge in [0.1, 0.15) is 0 Å². The summed E-state index contributed by atoms with van der Waals surface area (Å²) in [6.45, 7) is 4.76. The quantitative estimate of drug-likeness (QED) is 0.916. The van der Waals surface area contributed by atoms with Gasteiger partial charge in [0.25, 0.3) is 0 Å². The van der Waals surface area contributed by atoms with Crippen LogP contribution in [0.5, 0.6) is 11.5 Å². The fraction of sp³-hybridized carbons (Fsp3) is 0.647. The van der Waals surface area contributed by atoms with Crippen LogP contribution in [-0.4, -0.2) is 25.8 Å². The van der Waals surface area contributed by atoms with E-state index in [2.05, 4.69) is 30.4 Å². The number of fused-ring (bicyclic) bond motifs is 1. The molecule has 3 heteroatoms. The van der Waals surface area contributed by atoms with Crippen molar-refractivity contribution in [3.8, 4) is 11.5 Å². The molecule has 20 heavy (non-hydrogen) atoms. The highest BCUT2D eigenvalue weighted by Crippen LogP contribution is 2.38. The van der Waals surface area contributed by atoms with Crippen LogP contribution in [-0.2, 0) is 0 Å². The van der Waals surface area contributed by atoms with Crippen molar-refractivity contribution in [3.05, 3.63) is 23.8 Å². The molecule has 2 aliphatic rings. The van der Waals surface area contributed by atoms with E-state index in [1.165, 1.54) is 31.2 Å². The van der Waals surface area contributed by atoms with Crippen LogP contribution >= 0.6 is 0 Å². The maximum absolute atomic E-state index is 5.83. The molecule has 3 nitrogen and oxygen atoms in total. The minimum Gasteiger partial charge on any atom is -0.490 e. The van der Waals surface area contributed by atoms with Crippen molar-refractivity contribution in [2.45, 2.75) is 51.0 Å². The van der Waals surface area contributed by atoms with Crippen LogP contribution in [0.2, 0.25) is 0 Å². The molecule has 1 fully saturated rings. The largest absolute Gasteiger partial charge is 0.490 e. The lowest BCUT2D eigenvalue weighted by Gasteiger charge is -2.32. The van der Waals surface area contributed by atoms with Crippen LogP contribution in [0, 0.1) is 0 Å². The van der Waals surface area contributed by atoms with Crippen LogP contribution in [0.25, 0.3) is 0 Å². The molecule has 0 amide bonds. The lowest BCUT2D eigenvalue weighted by Crippen LogP contribution is -2.37. The molecule has 1 aromatic rings. The summed E-state index contributed by atoms with van der Waals surface area (Å²) in [4.78, 5) is 0. The highest BCUT2D eigenvalue weighted by Gasteiger charge is 2.26. The van der Waals surface area contributed by atoms with Gasteiger partial charge in [-0.15, -0.1) is 0 Å². The molecular weight excluding hydrogens is 250 g/mol. The average Bonchev–Trinajstić information content (AvgIpc) is 2.72. The first-order valence-corrected chi connectivity index (χ1v) is 8.01. The molecule has 1 aromatic carbocycles. The first-order valence-electron chi connectivity index (χ1n) is 8.01. The summed E-state index contributed by atoms with van der Waals surface area (Å²) in [6, 6.07) is 7.14. The van der Waals surface area contributed by atoms with E-state index in [0.717, 1.165) is 37.7 Å². The predicted molar refractivity (Wildman–Crippen MR) is 80.7 cm³/mol. The van der Waals surface area contributed by atoms with Gasteiger partial charge in [-0.25, -0.2) is 0 Å². The van der Waals surface area contributed by atoms with Crippen molar-refractivity contribution in [1.29, 1.82) is 0 Å². The first-order chi connectivity index (χ1) is 9.88. The molecule has 0 spiro atoms. The Hall–Kier alpha value is -1.22. The van der Waals surface area contributed by atoms with Crippen LogP contribution in [0.4, 0.5) is 0 Å². The molecule has 0 radical (unpaired) electrons. The lowest BCUT2D eigenvalue weighted by atomic mass is 9.80.